The van der Waals surface area contributed by atoms with Gasteiger partial charge in [-0.1, -0.05) is 29.5 Å². The minimum absolute atomic E-state index is 0.279. The van der Waals surface area contributed by atoms with Crippen LogP contribution in [0, 0.1) is 20.8 Å². The number of anilines is 2. The Morgan fingerprint density at radius 2 is 1.55 bits per heavy atom. The smallest absolute Gasteiger partial charge is 0.308 e. The number of carbonyl (C=O) groups excluding carboxylic acids is 1. The van der Waals surface area contributed by atoms with Crippen molar-refractivity contribution in [2.45, 2.75) is 30.7 Å². The van der Waals surface area contributed by atoms with Gasteiger partial charge in [-0.2, -0.15) is 14.6 Å². The Morgan fingerprint density at radius 1 is 0.931 bits per heavy atom. The molecule has 0 atom stereocenters. The van der Waals surface area contributed by atoms with Crippen molar-refractivity contribution < 1.29 is 4.79 Å². The largest absolute Gasteiger partial charge is 0.323 e. The minimum Gasteiger partial charge on any atom is -0.308 e. The van der Waals surface area contributed by atoms with Crippen molar-refractivity contribution >= 4 is 34.9 Å². The minimum atomic E-state index is -0.279. The fraction of sp³-hybridized carbons (Fsp3) is 0.143. The monoisotopic (exact) mass is 404 g/mol. The number of amides is 2. The lowest BCUT2D eigenvalue weighted by Crippen LogP contribution is -2.19. The van der Waals surface area contributed by atoms with Crippen molar-refractivity contribution in [3.63, 3.8) is 0 Å². The number of fused-ring (bicyclic) bond motifs is 1. The maximum atomic E-state index is 12.2. The fourth-order valence-electron chi connectivity index (χ4n) is 2.77. The lowest BCUT2D eigenvalue weighted by atomic mass is 10.2. The zero-order valence-corrected chi connectivity index (χ0v) is 17.1. The summed E-state index contributed by atoms with van der Waals surface area (Å²) in [7, 11) is 0. The highest BCUT2D eigenvalue weighted by atomic mass is 32.2. The second-order valence-electron chi connectivity index (χ2n) is 6.67. The summed E-state index contributed by atoms with van der Waals surface area (Å²) in [5, 5.41) is 10.9. The molecule has 2 amide bonds. The molecule has 0 unspecified atom stereocenters. The molecular formula is C21H20N6OS. The van der Waals surface area contributed by atoms with Crippen LogP contribution in [-0.4, -0.2) is 25.6 Å². The predicted octanol–water partition coefficient (Wildman–Crippen LogP) is 4.84. The highest BCUT2D eigenvalue weighted by molar-refractivity contribution is 7.99. The van der Waals surface area contributed by atoms with Gasteiger partial charge >= 0.3 is 6.03 Å². The van der Waals surface area contributed by atoms with Crippen molar-refractivity contribution in [2.24, 2.45) is 0 Å². The first-order chi connectivity index (χ1) is 14.0. The molecule has 0 fully saturated rings. The van der Waals surface area contributed by atoms with Gasteiger partial charge in [0.2, 0.25) is 0 Å². The number of urea groups is 1. The van der Waals surface area contributed by atoms with Crippen LogP contribution >= 0.6 is 11.8 Å². The van der Waals surface area contributed by atoms with Gasteiger partial charge in [-0.25, -0.2) is 9.78 Å². The van der Waals surface area contributed by atoms with Gasteiger partial charge in [0.1, 0.15) is 11.4 Å². The van der Waals surface area contributed by atoms with E-state index in [2.05, 4.69) is 25.7 Å². The molecule has 0 saturated heterocycles. The summed E-state index contributed by atoms with van der Waals surface area (Å²) >= 11 is 1.59. The van der Waals surface area contributed by atoms with E-state index in [1.807, 2.05) is 69.3 Å². The van der Waals surface area contributed by atoms with Crippen LogP contribution in [0.2, 0.25) is 0 Å². The highest BCUT2D eigenvalue weighted by Gasteiger charge is 2.12. The average molecular weight is 404 g/mol. The first-order valence-electron chi connectivity index (χ1n) is 9.09. The van der Waals surface area contributed by atoms with E-state index in [1.54, 1.807) is 16.3 Å². The van der Waals surface area contributed by atoms with Gasteiger partial charge in [0.05, 0.1) is 0 Å². The van der Waals surface area contributed by atoms with Crippen molar-refractivity contribution in [3.8, 4) is 0 Å². The third kappa shape index (κ3) is 4.22. The second-order valence-corrected chi connectivity index (χ2v) is 7.73. The van der Waals surface area contributed by atoms with Gasteiger partial charge in [-0.15, -0.1) is 0 Å². The van der Waals surface area contributed by atoms with Crippen LogP contribution in [0.4, 0.5) is 16.2 Å². The van der Waals surface area contributed by atoms with Crippen LogP contribution < -0.4 is 10.6 Å². The predicted molar refractivity (Wildman–Crippen MR) is 115 cm³/mol. The Labute approximate surface area is 172 Å². The van der Waals surface area contributed by atoms with Crippen molar-refractivity contribution in [1.82, 2.24) is 19.6 Å². The van der Waals surface area contributed by atoms with Gasteiger partial charge in [0, 0.05) is 27.5 Å². The zero-order valence-electron chi connectivity index (χ0n) is 16.3. The number of carbonyl (C=O) groups is 1. The third-order valence-electron chi connectivity index (χ3n) is 4.49. The van der Waals surface area contributed by atoms with Crippen LogP contribution in [0.1, 0.15) is 16.8 Å². The van der Waals surface area contributed by atoms with Crippen LogP contribution in [-0.2, 0) is 0 Å². The van der Waals surface area contributed by atoms with Gasteiger partial charge < -0.3 is 10.6 Å². The number of nitrogens with one attached hydrogen (secondary N) is 2. The number of benzene rings is 2. The summed E-state index contributed by atoms with van der Waals surface area (Å²) in [5.74, 6) is 0.585. The number of rotatable bonds is 4. The maximum Gasteiger partial charge on any atom is 0.323 e. The van der Waals surface area contributed by atoms with E-state index in [0.29, 0.717) is 11.5 Å². The molecule has 146 valence electrons. The van der Waals surface area contributed by atoms with E-state index in [4.69, 9.17) is 0 Å². The zero-order chi connectivity index (χ0) is 20.4. The summed E-state index contributed by atoms with van der Waals surface area (Å²) in [6.07, 6.45) is 1.50. The standard InChI is InChI=1S/C21H20N6OS/c1-13-4-6-16(7-5-13)25-21(28)26-17-8-10-18(11-9-17)29-19-14(2)15(3)24-20-22-12-23-27(19)20/h4-12H,1-3H3,(H2,25,26,28). The number of aromatic nitrogens is 4. The molecule has 0 radical (unpaired) electrons. The third-order valence-corrected chi connectivity index (χ3v) is 5.67. The van der Waals surface area contributed by atoms with E-state index in [0.717, 1.165) is 32.4 Å². The molecule has 8 heteroatoms. The van der Waals surface area contributed by atoms with Gasteiger partial charge in [0.15, 0.2) is 0 Å². The Balaban J connectivity index is 1.46. The van der Waals surface area contributed by atoms with E-state index >= 15 is 0 Å². The van der Waals surface area contributed by atoms with E-state index in [1.165, 1.54) is 6.33 Å². The van der Waals surface area contributed by atoms with E-state index in [9.17, 15) is 4.79 Å². The molecule has 0 aliphatic carbocycles. The number of hydrogen-bond donors (Lipinski definition) is 2. The quantitative estimate of drug-likeness (QED) is 0.475. The van der Waals surface area contributed by atoms with Gasteiger partial charge in [-0.05, 0) is 57.2 Å². The molecule has 4 rings (SSSR count). The lowest BCUT2D eigenvalue weighted by molar-refractivity contribution is 0.262. The molecule has 0 spiro atoms. The normalized spacial score (nSPS) is 10.9. The van der Waals surface area contributed by atoms with E-state index < -0.39 is 0 Å². The second kappa shape index (κ2) is 7.92. The molecule has 7 nitrogen and oxygen atoms in total. The molecule has 0 aliphatic heterocycles. The molecular weight excluding hydrogens is 384 g/mol. The number of hydrogen-bond acceptors (Lipinski definition) is 5. The van der Waals surface area contributed by atoms with Crippen molar-refractivity contribution in [2.75, 3.05) is 10.6 Å². The van der Waals surface area contributed by atoms with Crippen LogP contribution in [0.5, 0.6) is 0 Å². The highest BCUT2D eigenvalue weighted by Crippen LogP contribution is 2.31. The molecule has 0 bridgehead atoms. The Kier molecular flexibility index (Phi) is 5.18. The number of aryl methyl sites for hydroxylation is 2. The summed E-state index contributed by atoms with van der Waals surface area (Å²) in [4.78, 5) is 21.8. The summed E-state index contributed by atoms with van der Waals surface area (Å²) < 4.78 is 1.74. The SMILES string of the molecule is Cc1ccc(NC(=O)Nc2ccc(Sc3c(C)c(C)nc4ncnn34)cc2)cc1. The molecule has 0 saturated carbocycles. The first-order valence-corrected chi connectivity index (χ1v) is 9.91. The Bertz CT molecular complexity index is 1170. The van der Waals surface area contributed by atoms with Crippen LogP contribution in [0.25, 0.3) is 5.78 Å². The van der Waals surface area contributed by atoms with Crippen molar-refractivity contribution in [3.05, 3.63) is 71.7 Å². The Morgan fingerprint density at radius 3 is 2.21 bits per heavy atom. The molecule has 29 heavy (non-hydrogen) atoms. The van der Waals surface area contributed by atoms with Crippen LogP contribution in [0.15, 0.2) is 64.8 Å². The van der Waals surface area contributed by atoms with Gasteiger partial charge in [-0.3, -0.25) is 0 Å². The van der Waals surface area contributed by atoms with E-state index in [-0.39, 0.29) is 6.03 Å². The number of nitrogens with zero attached hydrogens (tertiary/aromatic N) is 4. The molecule has 0 aliphatic rings. The molecule has 4 aromatic rings. The molecule has 2 N–H and O–H groups in total. The summed E-state index contributed by atoms with van der Waals surface area (Å²) in [5.41, 5.74) is 4.60. The molecule has 2 aromatic carbocycles. The Hall–Kier alpha value is -3.39. The van der Waals surface area contributed by atoms with Crippen LogP contribution in [0.3, 0.4) is 0 Å². The summed E-state index contributed by atoms with van der Waals surface area (Å²) in [6.45, 7) is 6.00. The lowest BCUT2D eigenvalue weighted by Gasteiger charge is -2.11. The maximum absolute atomic E-state index is 12.2. The fourth-order valence-corrected chi connectivity index (χ4v) is 3.78. The topological polar surface area (TPSA) is 84.2 Å². The average Bonchev–Trinajstić information content (AvgIpc) is 3.16. The first kappa shape index (κ1) is 18.9. The molecule has 2 aromatic heterocycles. The van der Waals surface area contributed by atoms with Crippen molar-refractivity contribution in [1.29, 1.82) is 0 Å². The molecule has 2 heterocycles. The van der Waals surface area contributed by atoms with Gasteiger partial charge in [0.25, 0.3) is 5.78 Å². The summed E-state index contributed by atoms with van der Waals surface area (Å²) in [6, 6.07) is 15.1.